The van der Waals surface area contributed by atoms with Gasteiger partial charge in [-0.2, -0.15) is 0 Å². The van der Waals surface area contributed by atoms with Gasteiger partial charge in [0.1, 0.15) is 0 Å². The molecule has 0 aromatic heterocycles. The first-order valence-corrected chi connectivity index (χ1v) is 5.49. The molecule has 0 aliphatic heterocycles. The fourth-order valence-electron chi connectivity index (χ4n) is 1.11. The number of hydrogen-bond acceptors (Lipinski definition) is 3. The van der Waals surface area contributed by atoms with Gasteiger partial charge in [-0.3, -0.25) is 4.79 Å². The third-order valence-electron chi connectivity index (χ3n) is 1.92. The molecular weight excluding hydrogens is 344 g/mol. The molecule has 0 bridgehead atoms. The van der Waals surface area contributed by atoms with Gasteiger partial charge < -0.3 is 9.53 Å². The molecule has 7 heteroatoms. The predicted molar refractivity (Wildman–Crippen MR) is 71.7 cm³/mol. The summed E-state index contributed by atoms with van der Waals surface area (Å²) in [6, 6.07) is 8.94. The number of carbonyl (C=O) groups is 1. The summed E-state index contributed by atoms with van der Waals surface area (Å²) < 4.78 is 27.0. The van der Waals surface area contributed by atoms with Gasteiger partial charge in [-0.25, -0.2) is 0 Å². The number of carbonyl (C=O) groups excluding carboxylic acids is 2. The fourth-order valence-corrected chi connectivity index (χ4v) is 1.11. The first-order valence-electron chi connectivity index (χ1n) is 5.49. The monoisotopic (exact) mass is 356 g/mol. The van der Waals surface area contributed by atoms with E-state index in [1.165, 1.54) is 12.9 Å². The number of rotatable bonds is 7. The Morgan fingerprint density at radius 2 is 1.61 bits per heavy atom. The Morgan fingerprint density at radius 1 is 1.13 bits per heavy atom. The smallest absolute Gasteiger partial charge is 0 e. The van der Waals surface area contributed by atoms with Crippen molar-refractivity contribution in [1.29, 1.82) is 0 Å². The third kappa shape index (κ3) is 18.0. The van der Waals surface area contributed by atoms with Crippen molar-refractivity contribution < 1.29 is 45.4 Å². The van der Waals surface area contributed by atoms with Crippen LogP contribution in [0.4, 0.5) is 0 Å². The fraction of sp³-hybridized carbons (Fsp3) is 0.125. The maximum atomic E-state index is 11.6. The van der Waals surface area contributed by atoms with Gasteiger partial charge in [-0.15, -0.1) is 0 Å². The zero-order valence-electron chi connectivity index (χ0n) is 12.0. The molecule has 0 saturated carbocycles. The number of benzene rings is 1. The molecule has 6 nitrogen and oxygen atoms in total. The molecule has 0 fully saturated rings. The molecule has 3 radical (unpaired) electrons. The summed E-state index contributed by atoms with van der Waals surface area (Å²) in [4.78, 5) is 21.4. The van der Waals surface area contributed by atoms with E-state index in [1.807, 2.05) is 6.07 Å². The average molecular weight is 356 g/mol. The van der Waals surface area contributed by atoms with Gasteiger partial charge in [-0.1, -0.05) is 36.8 Å². The van der Waals surface area contributed by atoms with Crippen molar-refractivity contribution >= 4 is 12.3 Å². The minimum Gasteiger partial charge on any atom is 0 e. The van der Waals surface area contributed by atoms with Crippen LogP contribution in [0.3, 0.4) is 0 Å². The molecule has 0 amide bonds. The van der Waals surface area contributed by atoms with Crippen molar-refractivity contribution in [2.45, 2.75) is 13.0 Å². The Kier molecular flexibility index (Phi) is 31.8. The Balaban J connectivity index is -0.000000231. The van der Waals surface area contributed by atoms with Crippen molar-refractivity contribution in [3.63, 3.8) is 0 Å². The molecule has 1 aromatic carbocycles. The van der Waals surface area contributed by atoms with Crippen LogP contribution in [0.1, 0.15) is 17.3 Å². The van der Waals surface area contributed by atoms with Gasteiger partial charge in [0.15, 0.2) is 5.78 Å². The molecule has 0 saturated heterocycles. The molecule has 1 aromatic rings. The van der Waals surface area contributed by atoms with E-state index in [-0.39, 0.29) is 29.0 Å². The van der Waals surface area contributed by atoms with Crippen molar-refractivity contribution in [3.05, 3.63) is 75.1 Å². The maximum Gasteiger partial charge on any atom is 0 e. The number of Topliss-reactive ketones (excluding diaryl/α,β-unsaturated/α-hetero) is 1. The van der Waals surface area contributed by atoms with Gasteiger partial charge in [0, 0.05) is 35.5 Å². The molecule has 1 atom stereocenters. The van der Waals surface area contributed by atoms with Crippen LogP contribution < -0.4 is 0 Å². The zero-order valence-corrected chi connectivity index (χ0v) is 13.1. The molecule has 0 aliphatic rings. The first kappa shape index (κ1) is 29.2. The van der Waals surface area contributed by atoms with Gasteiger partial charge in [0.2, 0.25) is 0 Å². The van der Waals surface area contributed by atoms with E-state index in [0.29, 0.717) is 5.56 Å². The van der Waals surface area contributed by atoms with Gasteiger partial charge >= 0.3 is 33.9 Å². The quantitative estimate of drug-likeness (QED) is 0.322. The SMILES string of the molecule is C[C@H]([CH][CH][CH]C(=O)c1ccccc1)O[C-]=O.[C-]#[O+].[C-]#[O+].[C-]#[O+].[Fe]. The Bertz CT molecular complexity index is 438. The largest absolute Gasteiger partial charge is 0 e. The van der Waals surface area contributed by atoms with Crippen molar-refractivity contribution in [3.8, 4) is 0 Å². The summed E-state index contributed by atoms with van der Waals surface area (Å²) in [5.74, 6) is -0.0841. The number of hydrogen-bond donors (Lipinski definition) is 0. The summed E-state index contributed by atoms with van der Waals surface area (Å²) >= 11 is 0. The van der Waals surface area contributed by atoms with Crippen LogP contribution in [0, 0.1) is 39.2 Å². The van der Waals surface area contributed by atoms with E-state index >= 15 is 0 Å². The molecule has 0 spiro atoms. The molecule has 0 aliphatic carbocycles. The summed E-state index contributed by atoms with van der Waals surface area (Å²) in [7, 11) is 0. The van der Waals surface area contributed by atoms with Crippen molar-refractivity contribution in [2.75, 3.05) is 0 Å². The minimum absolute atomic E-state index is 0. The van der Waals surface area contributed by atoms with Crippen LogP contribution in [0.25, 0.3) is 0 Å². The van der Waals surface area contributed by atoms with Crippen LogP contribution in [0.5, 0.6) is 0 Å². The maximum absolute atomic E-state index is 11.6. The second kappa shape index (κ2) is 25.1. The summed E-state index contributed by atoms with van der Waals surface area (Å²) in [5, 5.41) is 0. The van der Waals surface area contributed by atoms with E-state index in [2.05, 4.69) is 24.7 Å². The number of ether oxygens (including phenoxy) is 1. The molecule has 1 rings (SSSR count). The second-order valence-electron chi connectivity index (χ2n) is 3.19. The predicted octanol–water partition coefficient (Wildman–Crippen LogP) is 1.84. The van der Waals surface area contributed by atoms with E-state index in [9.17, 15) is 9.59 Å². The van der Waals surface area contributed by atoms with Gasteiger partial charge in [0.25, 0.3) is 0 Å². The molecule has 0 heterocycles. The first-order chi connectivity index (χ1) is 10.7. The van der Waals surface area contributed by atoms with Crippen LogP contribution in [-0.2, 0) is 40.6 Å². The van der Waals surface area contributed by atoms with E-state index < -0.39 is 0 Å². The van der Waals surface area contributed by atoms with Gasteiger partial charge in [-0.05, 0) is 13.3 Å². The van der Waals surface area contributed by atoms with E-state index in [1.54, 1.807) is 44.0 Å². The standard InChI is InChI=1S/C13H12O3.3CO.Fe/c1-11(16-10-14)6-5-9-13(15)12-7-3-2-4-8-12;3*1-2;/h2-9,11H,1H3;;;;/q-1;;;;/t11-;;;;/m1..../s1. The van der Waals surface area contributed by atoms with Crippen molar-refractivity contribution in [2.24, 2.45) is 0 Å². The van der Waals surface area contributed by atoms with Gasteiger partial charge in [0.05, 0.1) is 6.10 Å². The summed E-state index contributed by atoms with van der Waals surface area (Å²) in [6.45, 7) is 16.5. The third-order valence-corrected chi connectivity index (χ3v) is 1.92. The van der Waals surface area contributed by atoms with Crippen molar-refractivity contribution in [1.82, 2.24) is 0 Å². The Hall–Kier alpha value is -1.90. The Morgan fingerprint density at radius 3 is 2.04 bits per heavy atom. The molecule has 23 heavy (non-hydrogen) atoms. The Labute approximate surface area is 146 Å². The topological polar surface area (TPSA) is 103 Å². The molecular formula is C16H12FeO6-. The molecule has 0 unspecified atom stereocenters. The second-order valence-corrected chi connectivity index (χ2v) is 3.19. The van der Waals surface area contributed by atoms with E-state index in [0.717, 1.165) is 0 Å². The normalized spacial score (nSPS) is 8.48. The zero-order chi connectivity index (χ0) is 17.8. The molecule has 121 valence electrons. The molecule has 0 N–H and O–H groups in total. The van der Waals surface area contributed by atoms with E-state index in [4.69, 9.17) is 14.0 Å². The van der Waals surface area contributed by atoms with Crippen LogP contribution in [-0.4, -0.2) is 18.4 Å². The van der Waals surface area contributed by atoms with Crippen LogP contribution >= 0.6 is 0 Å². The average Bonchev–Trinajstić information content (AvgIpc) is 2.61. The van der Waals surface area contributed by atoms with Crippen LogP contribution in [0.15, 0.2) is 30.3 Å². The minimum atomic E-state index is -0.377. The van der Waals surface area contributed by atoms with Crippen LogP contribution in [0.2, 0.25) is 0 Å². The summed E-state index contributed by atoms with van der Waals surface area (Å²) in [5.41, 5.74) is 0.627. The summed E-state index contributed by atoms with van der Waals surface area (Å²) in [6.07, 6.45) is 4.22. The number of ketones is 1.